The summed E-state index contributed by atoms with van der Waals surface area (Å²) in [6, 6.07) is 0. The number of nitrogens with zero attached hydrogens (tertiary/aromatic N) is 2. The van der Waals surface area contributed by atoms with Gasteiger partial charge in [-0.25, -0.2) is 19.0 Å². The highest BCUT2D eigenvalue weighted by Crippen LogP contribution is 2.25. The van der Waals surface area contributed by atoms with Gasteiger partial charge in [0.1, 0.15) is 0 Å². The molecule has 0 aromatic carbocycles. The molecule has 112 valence electrons. The van der Waals surface area contributed by atoms with Crippen molar-refractivity contribution in [1.29, 1.82) is 0 Å². The molecule has 3 aromatic heterocycles. The third kappa shape index (κ3) is 2.56. The molecule has 21 heavy (non-hydrogen) atoms. The fourth-order valence-corrected chi connectivity index (χ4v) is 4.80. The van der Waals surface area contributed by atoms with Crippen LogP contribution in [0.2, 0.25) is 0 Å². The SMILES string of the molecule is Cc1cscc1CNS(=O)(=O)c1c(NN)nc2sccn12. The van der Waals surface area contributed by atoms with Crippen molar-refractivity contribution in [3.05, 3.63) is 33.5 Å². The molecule has 0 amide bonds. The molecule has 3 aromatic rings. The summed E-state index contributed by atoms with van der Waals surface area (Å²) < 4.78 is 29.2. The minimum Gasteiger partial charge on any atom is -0.306 e. The minimum atomic E-state index is -3.73. The van der Waals surface area contributed by atoms with Crippen molar-refractivity contribution in [2.45, 2.75) is 18.5 Å². The maximum Gasteiger partial charge on any atom is 0.260 e. The Bertz CT molecular complexity index is 877. The predicted molar refractivity (Wildman–Crippen MR) is 84.0 cm³/mol. The third-order valence-corrected chi connectivity index (χ3v) is 6.11. The topological polar surface area (TPSA) is 102 Å². The van der Waals surface area contributed by atoms with Crippen molar-refractivity contribution < 1.29 is 8.42 Å². The van der Waals surface area contributed by atoms with E-state index in [1.165, 1.54) is 15.7 Å². The second kappa shape index (κ2) is 5.39. The molecule has 0 fully saturated rings. The maximum absolute atomic E-state index is 12.5. The number of hydrogen-bond donors (Lipinski definition) is 3. The molecule has 0 spiro atoms. The van der Waals surface area contributed by atoms with E-state index in [4.69, 9.17) is 5.84 Å². The molecular formula is C11H13N5O2S3. The van der Waals surface area contributed by atoms with Crippen LogP contribution in [0.25, 0.3) is 4.96 Å². The van der Waals surface area contributed by atoms with Gasteiger partial charge in [0, 0.05) is 18.1 Å². The molecule has 0 saturated carbocycles. The van der Waals surface area contributed by atoms with E-state index in [1.54, 1.807) is 22.9 Å². The fraction of sp³-hybridized carbons (Fsp3) is 0.182. The van der Waals surface area contributed by atoms with Crippen LogP contribution in [0.5, 0.6) is 0 Å². The molecule has 3 rings (SSSR count). The normalized spacial score (nSPS) is 12.1. The van der Waals surface area contributed by atoms with Gasteiger partial charge in [0.15, 0.2) is 10.8 Å². The first kappa shape index (κ1) is 14.5. The Hall–Kier alpha value is -1.46. The largest absolute Gasteiger partial charge is 0.306 e. The summed E-state index contributed by atoms with van der Waals surface area (Å²) in [5.41, 5.74) is 4.36. The molecule has 0 bridgehead atoms. The number of imidazole rings is 1. The summed E-state index contributed by atoms with van der Waals surface area (Å²) in [6.45, 7) is 2.18. The van der Waals surface area contributed by atoms with Gasteiger partial charge in [0.25, 0.3) is 10.0 Å². The van der Waals surface area contributed by atoms with E-state index in [-0.39, 0.29) is 17.4 Å². The van der Waals surface area contributed by atoms with Gasteiger partial charge in [-0.05, 0) is 28.8 Å². The molecule has 3 heterocycles. The third-order valence-electron chi connectivity index (χ3n) is 3.02. The van der Waals surface area contributed by atoms with Gasteiger partial charge in [-0.15, -0.1) is 11.3 Å². The number of hydrogen-bond acceptors (Lipinski definition) is 7. The summed E-state index contributed by atoms with van der Waals surface area (Å²) in [6.07, 6.45) is 1.65. The summed E-state index contributed by atoms with van der Waals surface area (Å²) in [7, 11) is -3.73. The van der Waals surface area contributed by atoms with Gasteiger partial charge < -0.3 is 5.43 Å². The van der Waals surface area contributed by atoms with Gasteiger partial charge in [-0.3, -0.25) is 4.40 Å². The van der Waals surface area contributed by atoms with Crippen LogP contribution in [0, 0.1) is 6.92 Å². The van der Waals surface area contributed by atoms with Crippen molar-refractivity contribution in [3.8, 4) is 0 Å². The predicted octanol–water partition coefficient (Wildman–Crippen LogP) is 1.53. The lowest BCUT2D eigenvalue weighted by atomic mass is 10.2. The van der Waals surface area contributed by atoms with Crippen molar-refractivity contribution in [2.75, 3.05) is 5.43 Å². The van der Waals surface area contributed by atoms with Crippen LogP contribution in [0.3, 0.4) is 0 Å². The number of nitrogens with one attached hydrogen (secondary N) is 2. The van der Waals surface area contributed by atoms with E-state index < -0.39 is 10.0 Å². The fourth-order valence-electron chi connectivity index (χ4n) is 1.92. The highest BCUT2D eigenvalue weighted by Gasteiger charge is 2.25. The van der Waals surface area contributed by atoms with Gasteiger partial charge >= 0.3 is 0 Å². The second-order valence-electron chi connectivity index (χ2n) is 4.37. The molecule has 0 atom stereocenters. The number of aromatic nitrogens is 2. The van der Waals surface area contributed by atoms with E-state index in [2.05, 4.69) is 15.1 Å². The Morgan fingerprint density at radius 3 is 2.90 bits per heavy atom. The maximum atomic E-state index is 12.5. The Kier molecular flexibility index (Phi) is 3.71. The van der Waals surface area contributed by atoms with Crippen molar-refractivity contribution in [1.82, 2.24) is 14.1 Å². The zero-order valence-corrected chi connectivity index (χ0v) is 13.5. The van der Waals surface area contributed by atoms with Gasteiger partial charge in [-0.2, -0.15) is 16.3 Å². The Morgan fingerprint density at radius 1 is 1.43 bits per heavy atom. The van der Waals surface area contributed by atoms with Crippen LogP contribution < -0.4 is 16.0 Å². The Labute approximate surface area is 129 Å². The molecule has 0 aliphatic rings. The summed E-state index contributed by atoms with van der Waals surface area (Å²) in [5, 5.41) is 5.70. The molecule has 0 unspecified atom stereocenters. The van der Waals surface area contributed by atoms with Crippen LogP contribution in [0.15, 0.2) is 27.4 Å². The first-order valence-corrected chi connectivity index (χ1v) is 9.27. The number of sulfonamides is 1. The average molecular weight is 343 g/mol. The average Bonchev–Trinajstić information content (AvgIpc) is 3.10. The molecule has 0 saturated heterocycles. The molecular weight excluding hydrogens is 330 g/mol. The summed E-state index contributed by atoms with van der Waals surface area (Å²) in [4.78, 5) is 4.71. The van der Waals surface area contributed by atoms with E-state index in [9.17, 15) is 8.42 Å². The lowest BCUT2D eigenvalue weighted by Gasteiger charge is -2.07. The standard InChI is InChI=1S/C11H13N5O2S3/c1-7-5-19-6-8(7)4-13-21(17,18)10-9(15-12)14-11-16(10)2-3-20-11/h2-3,5-6,13,15H,4,12H2,1H3. The number of thiazole rings is 1. The van der Waals surface area contributed by atoms with E-state index in [0.29, 0.717) is 4.96 Å². The first-order chi connectivity index (χ1) is 10.0. The number of thiophene rings is 1. The highest BCUT2D eigenvalue weighted by molar-refractivity contribution is 7.89. The quantitative estimate of drug-likeness (QED) is 0.482. The molecule has 10 heteroatoms. The van der Waals surface area contributed by atoms with Crippen molar-refractivity contribution >= 4 is 43.5 Å². The number of fused-ring (bicyclic) bond motifs is 1. The number of rotatable bonds is 5. The van der Waals surface area contributed by atoms with Crippen LogP contribution in [-0.4, -0.2) is 17.8 Å². The second-order valence-corrected chi connectivity index (χ2v) is 7.67. The monoisotopic (exact) mass is 343 g/mol. The number of nitrogen functional groups attached to an aromatic ring is 1. The summed E-state index contributed by atoms with van der Waals surface area (Å²) >= 11 is 2.88. The number of nitrogens with two attached hydrogens (primary N) is 1. The minimum absolute atomic E-state index is 0.0223. The number of hydrazine groups is 1. The van der Waals surface area contributed by atoms with E-state index in [0.717, 1.165) is 11.1 Å². The molecule has 0 radical (unpaired) electrons. The van der Waals surface area contributed by atoms with Crippen molar-refractivity contribution in [2.24, 2.45) is 5.84 Å². The molecule has 4 N–H and O–H groups in total. The summed E-state index contributed by atoms with van der Waals surface area (Å²) in [5.74, 6) is 5.51. The lowest BCUT2D eigenvalue weighted by Crippen LogP contribution is -2.26. The van der Waals surface area contributed by atoms with Crippen LogP contribution in [0.4, 0.5) is 5.82 Å². The zero-order valence-electron chi connectivity index (χ0n) is 11.0. The highest BCUT2D eigenvalue weighted by atomic mass is 32.2. The zero-order chi connectivity index (χ0) is 15.0. The van der Waals surface area contributed by atoms with Crippen molar-refractivity contribution in [3.63, 3.8) is 0 Å². The molecule has 0 aliphatic carbocycles. The Balaban J connectivity index is 1.96. The smallest absolute Gasteiger partial charge is 0.260 e. The van der Waals surface area contributed by atoms with Crippen LogP contribution >= 0.6 is 22.7 Å². The van der Waals surface area contributed by atoms with E-state index in [1.807, 2.05) is 17.7 Å². The van der Waals surface area contributed by atoms with Gasteiger partial charge in [0.05, 0.1) is 0 Å². The van der Waals surface area contributed by atoms with Gasteiger partial charge in [-0.1, -0.05) is 0 Å². The van der Waals surface area contributed by atoms with E-state index >= 15 is 0 Å². The number of aryl methyl sites for hydroxylation is 1. The number of anilines is 1. The Morgan fingerprint density at radius 2 is 2.24 bits per heavy atom. The van der Waals surface area contributed by atoms with Crippen LogP contribution in [0.1, 0.15) is 11.1 Å². The molecule has 7 nitrogen and oxygen atoms in total. The van der Waals surface area contributed by atoms with Gasteiger partial charge in [0.2, 0.25) is 5.03 Å². The molecule has 0 aliphatic heterocycles. The first-order valence-electron chi connectivity index (χ1n) is 5.96. The van der Waals surface area contributed by atoms with Crippen LogP contribution in [-0.2, 0) is 16.6 Å². The lowest BCUT2D eigenvalue weighted by molar-refractivity contribution is 0.577.